The van der Waals surface area contributed by atoms with E-state index >= 15 is 0 Å². The van der Waals surface area contributed by atoms with Gasteiger partial charge in [-0.15, -0.1) is 0 Å². The Bertz CT molecular complexity index is 551. The van der Waals surface area contributed by atoms with Crippen LogP contribution in [0.25, 0.3) is 0 Å². The Morgan fingerprint density at radius 2 is 2.22 bits per heavy atom. The maximum absolute atomic E-state index is 6.18. The van der Waals surface area contributed by atoms with Gasteiger partial charge in [-0.25, -0.2) is 0 Å². The number of benzene rings is 1. The van der Waals surface area contributed by atoms with E-state index in [4.69, 9.17) is 11.6 Å². The summed E-state index contributed by atoms with van der Waals surface area (Å²) in [5.41, 5.74) is 3.22. The number of nitrogens with one attached hydrogen (secondary N) is 1. The van der Waals surface area contributed by atoms with Gasteiger partial charge in [0.15, 0.2) is 0 Å². The lowest BCUT2D eigenvalue weighted by atomic mass is 10.2. The van der Waals surface area contributed by atoms with Crippen molar-refractivity contribution in [3.8, 4) is 0 Å². The van der Waals surface area contributed by atoms with Crippen molar-refractivity contribution in [3.63, 3.8) is 0 Å². The van der Waals surface area contributed by atoms with Crippen LogP contribution in [0.15, 0.2) is 28.9 Å². The largest absolute Gasteiger partial charge is 0.378 e. The maximum Gasteiger partial charge on any atom is 0.0853 e. The van der Waals surface area contributed by atoms with Crippen molar-refractivity contribution >= 4 is 33.2 Å². The second-order valence-electron chi connectivity index (χ2n) is 4.11. The molecule has 0 aliphatic rings. The highest BCUT2D eigenvalue weighted by Gasteiger charge is 2.06. The molecule has 2 rings (SSSR count). The Morgan fingerprint density at radius 1 is 1.44 bits per heavy atom. The monoisotopic (exact) mass is 327 g/mol. The molecule has 1 aromatic carbocycles. The lowest BCUT2D eigenvalue weighted by molar-refractivity contribution is 0.746. The van der Waals surface area contributed by atoms with Crippen molar-refractivity contribution in [1.82, 2.24) is 9.78 Å². The lowest BCUT2D eigenvalue weighted by Crippen LogP contribution is -2.01. The predicted octanol–water partition coefficient (Wildman–Crippen LogP) is 4.01. The van der Waals surface area contributed by atoms with Crippen LogP contribution in [-0.2, 0) is 20.0 Å². The summed E-state index contributed by atoms with van der Waals surface area (Å²) in [5.74, 6) is 0. The van der Waals surface area contributed by atoms with Crippen LogP contribution in [0.4, 0.5) is 5.69 Å². The highest BCUT2D eigenvalue weighted by molar-refractivity contribution is 9.10. The fourth-order valence-corrected chi connectivity index (χ4v) is 2.54. The lowest BCUT2D eigenvalue weighted by Gasteiger charge is -2.07. The molecule has 0 unspecified atom stereocenters. The van der Waals surface area contributed by atoms with Crippen LogP contribution >= 0.6 is 27.5 Å². The highest BCUT2D eigenvalue weighted by Crippen LogP contribution is 2.23. The zero-order chi connectivity index (χ0) is 13.1. The van der Waals surface area contributed by atoms with Gasteiger partial charge < -0.3 is 5.32 Å². The Hall–Kier alpha value is -1.000. The van der Waals surface area contributed by atoms with Crippen molar-refractivity contribution < 1.29 is 0 Å². The van der Waals surface area contributed by atoms with E-state index in [2.05, 4.69) is 33.3 Å². The average Bonchev–Trinajstić information content (AvgIpc) is 2.68. The molecule has 0 atom stereocenters. The zero-order valence-electron chi connectivity index (χ0n) is 10.4. The molecule has 1 aromatic heterocycles. The Labute approximate surface area is 120 Å². The van der Waals surface area contributed by atoms with Crippen molar-refractivity contribution in [3.05, 3.63) is 45.1 Å². The molecule has 3 nitrogen and oxygen atoms in total. The van der Waals surface area contributed by atoms with E-state index in [0.717, 1.165) is 32.9 Å². The fraction of sp³-hybridized carbons (Fsp3) is 0.308. The Kier molecular flexibility index (Phi) is 4.30. The molecule has 2 aromatic rings. The van der Waals surface area contributed by atoms with E-state index in [1.807, 2.05) is 36.1 Å². The van der Waals surface area contributed by atoms with Crippen LogP contribution < -0.4 is 5.32 Å². The van der Waals surface area contributed by atoms with Crippen molar-refractivity contribution in [2.45, 2.75) is 19.9 Å². The summed E-state index contributed by atoms with van der Waals surface area (Å²) in [6.07, 6.45) is 2.91. The first-order valence-electron chi connectivity index (χ1n) is 5.80. The first kappa shape index (κ1) is 13.4. The van der Waals surface area contributed by atoms with E-state index in [0.29, 0.717) is 6.54 Å². The van der Waals surface area contributed by atoms with Crippen molar-refractivity contribution in [2.24, 2.45) is 7.05 Å². The number of rotatable bonds is 4. The first-order valence-corrected chi connectivity index (χ1v) is 6.97. The van der Waals surface area contributed by atoms with Crippen molar-refractivity contribution in [2.75, 3.05) is 5.32 Å². The SMILES string of the molecule is CCc1nn(C)cc1NCc1ccc(Br)cc1Cl. The molecule has 0 fully saturated rings. The minimum atomic E-state index is 0.699. The quantitative estimate of drug-likeness (QED) is 0.919. The summed E-state index contributed by atoms with van der Waals surface area (Å²) in [7, 11) is 1.93. The Morgan fingerprint density at radius 3 is 2.89 bits per heavy atom. The number of hydrogen-bond donors (Lipinski definition) is 1. The van der Waals surface area contributed by atoms with Crippen LogP contribution in [0, 0.1) is 0 Å². The second-order valence-corrected chi connectivity index (χ2v) is 5.43. The smallest absolute Gasteiger partial charge is 0.0853 e. The molecule has 1 heterocycles. The minimum Gasteiger partial charge on any atom is -0.378 e. The molecule has 0 bridgehead atoms. The third kappa shape index (κ3) is 3.06. The molecule has 0 saturated carbocycles. The average molecular weight is 329 g/mol. The van der Waals surface area contributed by atoms with E-state index in [-0.39, 0.29) is 0 Å². The fourth-order valence-electron chi connectivity index (χ4n) is 1.80. The molecule has 0 amide bonds. The molecule has 0 aliphatic carbocycles. The normalized spacial score (nSPS) is 10.7. The van der Waals surface area contributed by atoms with Crippen LogP contribution in [0.2, 0.25) is 5.02 Å². The highest BCUT2D eigenvalue weighted by atomic mass is 79.9. The maximum atomic E-state index is 6.18. The van der Waals surface area contributed by atoms with Gasteiger partial charge in [0.1, 0.15) is 0 Å². The predicted molar refractivity (Wildman–Crippen MR) is 79.1 cm³/mol. The molecule has 0 spiro atoms. The minimum absolute atomic E-state index is 0.699. The summed E-state index contributed by atoms with van der Waals surface area (Å²) in [4.78, 5) is 0. The molecule has 96 valence electrons. The molecule has 1 N–H and O–H groups in total. The van der Waals surface area contributed by atoms with Gasteiger partial charge in [-0.3, -0.25) is 4.68 Å². The standard InChI is InChI=1S/C13H15BrClN3/c1-3-12-13(8-18(2)17-12)16-7-9-4-5-10(14)6-11(9)15/h4-6,8,16H,3,7H2,1-2H3. The molecular formula is C13H15BrClN3. The molecule has 0 aliphatic heterocycles. The van der Waals surface area contributed by atoms with Gasteiger partial charge in [-0.1, -0.05) is 40.5 Å². The van der Waals surface area contributed by atoms with E-state index < -0.39 is 0 Å². The first-order chi connectivity index (χ1) is 8.60. The van der Waals surface area contributed by atoms with Crippen LogP contribution in [0.3, 0.4) is 0 Å². The third-order valence-corrected chi connectivity index (χ3v) is 3.57. The number of halogens is 2. The van der Waals surface area contributed by atoms with E-state index in [1.165, 1.54) is 0 Å². The summed E-state index contributed by atoms with van der Waals surface area (Å²) >= 11 is 9.58. The molecule has 18 heavy (non-hydrogen) atoms. The van der Waals surface area contributed by atoms with Gasteiger partial charge in [-0.05, 0) is 24.1 Å². The van der Waals surface area contributed by atoms with Gasteiger partial charge in [0.25, 0.3) is 0 Å². The number of hydrogen-bond acceptors (Lipinski definition) is 2. The Balaban J connectivity index is 2.11. The van der Waals surface area contributed by atoms with Crippen LogP contribution in [0.5, 0.6) is 0 Å². The van der Waals surface area contributed by atoms with Crippen molar-refractivity contribution in [1.29, 1.82) is 0 Å². The summed E-state index contributed by atoms with van der Waals surface area (Å²) in [6.45, 7) is 2.80. The van der Waals surface area contributed by atoms with Crippen LogP contribution in [0.1, 0.15) is 18.2 Å². The van der Waals surface area contributed by atoms with Crippen LogP contribution in [-0.4, -0.2) is 9.78 Å². The zero-order valence-corrected chi connectivity index (χ0v) is 12.7. The molecule has 5 heteroatoms. The van der Waals surface area contributed by atoms with Gasteiger partial charge in [-0.2, -0.15) is 5.10 Å². The molecular weight excluding hydrogens is 314 g/mol. The van der Waals surface area contributed by atoms with Gasteiger partial charge in [0, 0.05) is 29.3 Å². The molecule has 0 saturated heterocycles. The third-order valence-electron chi connectivity index (χ3n) is 2.72. The topological polar surface area (TPSA) is 29.9 Å². The van der Waals surface area contributed by atoms with Gasteiger partial charge >= 0.3 is 0 Å². The van der Waals surface area contributed by atoms with E-state index in [1.54, 1.807) is 0 Å². The molecule has 0 radical (unpaired) electrons. The van der Waals surface area contributed by atoms with Gasteiger partial charge in [0.2, 0.25) is 0 Å². The summed E-state index contributed by atoms with van der Waals surface area (Å²) in [5, 5.41) is 8.53. The number of aromatic nitrogens is 2. The number of anilines is 1. The van der Waals surface area contributed by atoms with Gasteiger partial charge in [0.05, 0.1) is 11.4 Å². The number of nitrogens with zero attached hydrogens (tertiary/aromatic N) is 2. The second kappa shape index (κ2) is 5.76. The number of aryl methyl sites for hydroxylation is 2. The summed E-state index contributed by atoms with van der Waals surface area (Å²) in [6, 6.07) is 5.91. The summed E-state index contributed by atoms with van der Waals surface area (Å²) < 4.78 is 2.82. The van der Waals surface area contributed by atoms with E-state index in [9.17, 15) is 0 Å².